The molecule has 0 aromatic carbocycles. The zero-order valence-corrected chi connectivity index (χ0v) is 15.2. The van der Waals surface area contributed by atoms with Crippen molar-refractivity contribution in [1.82, 2.24) is 30.1 Å². The summed E-state index contributed by atoms with van der Waals surface area (Å²) in [6.07, 6.45) is 3.93. The lowest BCUT2D eigenvalue weighted by Gasteiger charge is -2.25. The minimum atomic E-state index is -0.288. The van der Waals surface area contributed by atoms with Gasteiger partial charge in [0.05, 0.1) is 30.1 Å². The van der Waals surface area contributed by atoms with Gasteiger partial charge in [-0.25, -0.2) is 4.68 Å². The number of hydrogen-bond acceptors (Lipinski definition) is 7. The third-order valence-corrected chi connectivity index (χ3v) is 4.98. The summed E-state index contributed by atoms with van der Waals surface area (Å²) in [4.78, 5) is 19.0. The molecule has 0 bridgehead atoms. The van der Waals surface area contributed by atoms with Gasteiger partial charge in [-0.15, -0.1) is 5.10 Å². The first-order valence-electron chi connectivity index (χ1n) is 8.31. The molecule has 1 amide bonds. The van der Waals surface area contributed by atoms with Crippen LogP contribution >= 0.6 is 11.8 Å². The van der Waals surface area contributed by atoms with Crippen molar-refractivity contribution in [2.45, 2.75) is 42.8 Å². The van der Waals surface area contributed by atoms with E-state index in [1.54, 1.807) is 18.2 Å². The van der Waals surface area contributed by atoms with Crippen molar-refractivity contribution in [2.75, 3.05) is 20.3 Å². The van der Waals surface area contributed by atoms with E-state index in [-0.39, 0.29) is 11.2 Å². The van der Waals surface area contributed by atoms with Crippen molar-refractivity contribution in [1.29, 1.82) is 0 Å². The average molecular weight is 362 g/mol. The topological polar surface area (TPSA) is 86.0 Å². The molecule has 0 aliphatic heterocycles. The minimum absolute atomic E-state index is 0.0260. The molecule has 1 atom stereocenters. The first-order valence-corrected chi connectivity index (χ1v) is 9.19. The highest BCUT2D eigenvalue weighted by Gasteiger charge is 2.30. The first-order chi connectivity index (χ1) is 12.2. The number of hydrogen-bond donors (Lipinski definition) is 0. The molecule has 0 N–H and O–H groups in total. The van der Waals surface area contributed by atoms with Crippen LogP contribution in [0.3, 0.4) is 0 Å². The maximum absolute atomic E-state index is 12.9. The Morgan fingerprint density at radius 1 is 1.48 bits per heavy atom. The Hall–Kier alpha value is -2.00. The van der Waals surface area contributed by atoms with E-state index >= 15 is 0 Å². The van der Waals surface area contributed by atoms with Gasteiger partial charge >= 0.3 is 0 Å². The summed E-state index contributed by atoms with van der Waals surface area (Å²) in [5, 5.41) is 12.3. The number of methoxy groups -OCH3 is 1. The molecule has 0 radical (unpaired) electrons. The van der Waals surface area contributed by atoms with Crippen molar-refractivity contribution in [3.63, 3.8) is 0 Å². The quantitative estimate of drug-likeness (QED) is 0.626. The largest absolute Gasteiger partial charge is 0.383 e. The zero-order chi connectivity index (χ0) is 17.6. The molecule has 0 saturated heterocycles. The Morgan fingerprint density at radius 3 is 3.00 bits per heavy atom. The summed E-state index contributed by atoms with van der Waals surface area (Å²) in [6, 6.07) is 6.08. The fourth-order valence-electron chi connectivity index (χ4n) is 2.43. The van der Waals surface area contributed by atoms with E-state index in [0.29, 0.717) is 30.9 Å². The fraction of sp³-hybridized carbons (Fsp3) is 0.562. The Labute approximate surface area is 150 Å². The van der Waals surface area contributed by atoms with E-state index < -0.39 is 0 Å². The molecule has 2 aromatic rings. The SMILES string of the molecule is COCCN(Cc1ccccn1)C(=O)C(C)Sc1nnnn1C1CC1. The summed E-state index contributed by atoms with van der Waals surface area (Å²) in [5.41, 5.74) is 0.854. The van der Waals surface area contributed by atoms with Crippen molar-refractivity contribution < 1.29 is 9.53 Å². The summed E-state index contributed by atoms with van der Waals surface area (Å²) in [5.74, 6) is 0.0260. The molecule has 25 heavy (non-hydrogen) atoms. The van der Waals surface area contributed by atoms with Crippen LogP contribution in [0.25, 0.3) is 0 Å². The van der Waals surface area contributed by atoms with Gasteiger partial charge in [0.2, 0.25) is 11.1 Å². The Balaban J connectivity index is 1.66. The molecule has 134 valence electrons. The molecule has 1 unspecified atom stereocenters. The molecule has 9 heteroatoms. The average Bonchev–Trinajstić information content (AvgIpc) is 3.38. The highest BCUT2D eigenvalue weighted by molar-refractivity contribution is 8.00. The van der Waals surface area contributed by atoms with E-state index in [9.17, 15) is 4.79 Å². The molecular weight excluding hydrogens is 340 g/mol. The summed E-state index contributed by atoms with van der Waals surface area (Å²) < 4.78 is 6.97. The fourth-order valence-corrected chi connectivity index (χ4v) is 3.38. The van der Waals surface area contributed by atoms with Gasteiger partial charge in [0.25, 0.3) is 0 Å². The van der Waals surface area contributed by atoms with Crippen molar-refractivity contribution in [3.05, 3.63) is 30.1 Å². The van der Waals surface area contributed by atoms with Crippen LogP contribution in [0.2, 0.25) is 0 Å². The van der Waals surface area contributed by atoms with Crippen LogP contribution in [0.1, 0.15) is 31.5 Å². The van der Waals surface area contributed by atoms with Gasteiger partial charge in [-0.2, -0.15) is 0 Å². The number of tetrazole rings is 1. The van der Waals surface area contributed by atoms with Gasteiger partial charge in [0.1, 0.15) is 0 Å². The van der Waals surface area contributed by atoms with E-state index in [1.807, 2.05) is 29.8 Å². The van der Waals surface area contributed by atoms with Crippen molar-refractivity contribution >= 4 is 17.7 Å². The molecule has 1 fully saturated rings. The van der Waals surface area contributed by atoms with Gasteiger partial charge in [-0.05, 0) is 42.3 Å². The van der Waals surface area contributed by atoms with Gasteiger partial charge in [0.15, 0.2) is 0 Å². The summed E-state index contributed by atoms with van der Waals surface area (Å²) in [7, 11) is 1.63. The van der Waals surface area contributed by atoms with E-state index in [0.717, 1.165) is 18.5 Å². The number of rotatable bonds is 9. The number of carbonyl (C=O) groups excluding carboxylic acids is 1. The van der Waals surface area contributed by atoms with Crippen LogP contribution in [0, 0.1) is 0 Å². The number of nitrogens with zero attached hydrogens (tertiary/aromatic N) is 6. The van der Waals surface area contributed by atoms with Crippen LogP contribution < -0.4 is 0 Å². The van der Waals surface area contributed by atoms with Crippen LogP contribution in [0.15, 0.2) is 29.6 Å². The maximum Gasteiger partial charge on any atom is 0.236 e. The highest BCUT2D eigenvalue weighted by atomic mass is 32.2. The van der Waals surface area contributed by atoms with Crippen LogP contribution in [0.5, 0.6) is 0 Å². The molecule has 0 spiro atoms. The molecule has 1 saturated carbocycles. The van der Waals surface area contributed by atoms with E-state index in [4.69, 9.17) is 4.74 Å². The Morgan fingerprint density at radius 2 is 2.32 bits per heavy atom. The number of amides is 1. The number of carbonyl (C=O) groups is 1. The lowest BCUT2D eigenvalue weighted by molar-refractivity contribution is -0.131. The van der Waals surface area contributed by atoms with Crippen LogP contribution in [-0.2, 0) is 16.1 Å². The van der Waals surface area contributed by atoms with Gasteiger partial charge < -0.3 is 9.64 Å². The maximum atomic E-state index is 12.9. The van der Waals surface area contributed by atoms with E-state index in [2.05, 4.69) is 20.5 Å². The summed E-state index contributed by atoms with van der Waals surface area (Å²) >= 11 is 1.40. The van der Waals surface area contributed by atoms with Crippen molar-refractivity contribution in [2.24, 2.45) is 0 Å². The zero-order valence-electron chi connectivity index (χ0n) is 14.4. The lowest BCUT2D eigenvalue weighted by atomic mass is 10.3. The molecule has 2 heterocycles. The normalized spacial score (nSPS) is 15.1. The Bertz CT molecular complexity index is 691. The molecule has 8 nitrogen and oxygen atoms in total. The lowest BCUT2D eigenvalue weighted by Crippen LogP contribution is -2.38. The van der Waals surface area contributed by atoms with Crippen LogP contribution in [0.4, 0.5) is 0 Å². The number of thioether (sulfide) groups is 1. The van der Waals surface area contributed by atoms with Gasteiger partial charge in [-0.1, -0.05) is 17.8 Å². The summed E-state index contributed by atoms with van der Waals surface area (Å²) in [6.45, 7) is 3.35. The number of aromatic nitrogens is 5. The highest BCUT2D eigenvalue weighted by Crippen LogP contribution is 2.37. The Kier molecular flexibility index (Phi) is 5.98. The minimum Gasteiger partial charge on any atom is -0.383 e. The standard InChI is InChI=1S/C16H22N6O2S/c1-12(25-16-18-19-20-22(16)14-6-7-14)15(23)21(9-10-24-2)11-13-5-3-4-8-17-13/h3-5,8,12,14H,6-7,9-11H2,1-2H3. The van der Waals surface area contributed by atoms with Crippen LogP contribution in [-0.4, -0.2) is 61.5 Å². The third-order valence-electron chi connectivity index (χ3n) is 3.94. The molecule has 3 rings (SSSR count). The second-order valence-electron chi connectivity index (χ2n) is 5.97. The second-order valence-corrected chi connectivity index (χ2v) is 7.28. The predicted octanol–water partition coefficient (Wildman–Crippen LogP) is 1.56. The first kappa shape index (κ1) is 17.8. The van der Waals surface area contributed by atoms with Crippen molar-refractivity contribution in [3.8, 4) is 0 Å². The predicted molar refractivity (Wildman–Crippen MR) is 92.9 cm³/mol. The van der Waals surface area contributed by atoms with Gasteiger partial charge in [0, 0.05) is 19.9 Å². The molecular formula is C16H22N6O2S. The van der Waals surface area contributed by atoms with E-state index in [1.165, 1.54) is 11.8 Å². The molecule has 2 aromatic heterocycles. The molecule has 1 aliphatic rings. The van der Waals surface area contributed by atoms with Gasteiger partial charge in [-0.3, -0.25) is 9.78 Å². The number of ether oxygens (including phenoxy) is 1. The number of pyridine rings is 1. The smallest absolute Gasteiger partial charge is 0.236 e. The molecule has 1 aliphatic carbocycles. The second kappa shape index (κ2) is 8.39. The third kappa shape index (κ3) is 4.76. The monoisotopic (exact) mass is 362 g/mol.